The van der Waals surface area contributed by atoms with Crippen molar-refractivity contribution in [2.24, 2.45) is 0 Å². The molecule has 6 heteroatoms. The van der Waals surface area contributed by atoms with Gasteiger partial charge in [-0.15, -0.1) is 5.10 Å². The van der Waals surface area contributed by atoms with E-state index < -0.39 is 0 Å². The fourth-order valence-corrected chi connectivity index (χ4v) is 2.55. The summed E-state index contributed by atoms with van der Waals surface area (Å²) in [6.07, 6.45) is 4.93. The van der Waals surface area contributed by atoms with Gasteiger partial charge in [-0.1, -0.05) is 0 Å². The minimum atomic E-state index is -0.260. The number of halogens is 1. The highest BCUT2D eigenvalue weighted by Crippen LogP contribution is 2.41. The van der Waals surface area contributed by atoms with Crippen molar-refractivity contribution < 1.29 is 4.39 Å². The third kappa shape index (κ3) is 1.99. The zero-order valence-corrected chi connectivity index (χ0v) is 11.1. The Balaban J connectivity index is 1.99. The van der Waals surface area contributed by atoms with Crippen LogP contribution in [-0.4, -0.2) is 26.0 Å². The molecule has 0 atom stereocenters. The van der Waals surface area contributed by atoms with E-state index in [0.717, 1.165) is 41.5 Å². The van der Waals surface area contributed by atoms with Crippen LogP contribution in [0.1, 0.15) is 24.6 Å². The Morgan fingerprint density at radius 2 is 2.14 bits per heavy atom. The summed E-state index contributed by atoms with van der Waals surface area (Å²) in [5.41, 5.74) is 2.85. The third-order valence-corrected chi connectivity index (χ3v) is 3.64. The molecule has 0 saturated heterocycles. The Bertz CT molecular complexity index is 850. The smallest absolute Gasteiger partial charge is 0.143 e. The van der Waals surface area contributed by atoms with Gasteiger partial charge in [0.2, 0.25) is 0 Å². The highest BCUT2D eigenvalue weighted by atomic mass is 19.1. The van der Waals surface area contributed by atoms with Crippen molar-refractivity contribution >= 4 is 17.2 Å². The highest BCUT2D eigenvalue weighted by molar-refractivity contribution is 5.82. The van der Waals surface area contributed by atoms with Gasteiger partial charge >= 0.3 is 0 Å². The topological polar surface area (TPSA) is 67.5 Å². The van der Waals surface area contributed by atoms with E-state index in [1.807, 2.05) is 0 Å². The van der Waals surface area contributed by atoms with E-state index in [0.29, 0.717) is 11.7 Å². The molecule has 4 rings (SSSR count). The molecule has 3 aromatic rings. The van der Waals surface area contributed by atoms with Crippen molar-refractivity contribution in [2.75, 3.05) is 0 Å². The number of fused-ring (bicyclic) bond motifs is 1. The molecule has 5 nitrogen and oxygen atoms in total. The van der Waals surface area contributed by atoms with Crippen molar-refractivity contribution in [1.82, 2.24) is 19.7 Å². The van der Waals surface area contributed by atoms with Crippen LogP contribution in [0.3, 0.4) is 0 Å². The van der Waals surface area contributed by atoms with Gasteiger partial charge in [-0.05, 0) is 37.1 Å². The second kappa shape index (κ2) is 4.44. The summed E-state index contributed by atoms with van der Waals surface area (Å²) in [6, 6.07) is 6.78. The number of hydrogen-bond donors (Lipinski definition) is 1. The number of nitrogens with zero attached hydrogens (tertiary/aromatic N) is 4. The van der Waals surface area contributed by atoms with Crippen LogP contribution in [0.2, 0.25) is 0 Å². The molecule has 0 bridgehead atoms. The Morgan fingerprint density at radius 3 is 2.90 bits per heavy atom. The standard InChI is InChI=1S/C15H12FN5/c16-10-1-4-13-14(6-10)21(12-2-3-12)15(19-13)9-5-11(7-17)20-18-8-9/h1,4-8,12,17H,2-3H2. The van der Waals surface area contributed by atoms with Crippen molar-refractivity contribution in [1.29, 1.82) is 5.41 Å². The van der Waals surface area contributed by atoms with Gasteiger partial charge in [0.15, 0.2) is 0 Å². The van der Waals surface area contributed by atoms with Crippen LogP contribution in [0.5, 0.6) is 0 Å². The fourth-order valence-electron chi connectivity index (χ4n) is 2.55. The monoisotopic (exact) mass is 281 g/mol. The Kier molecular flexibility index (Phi) is 2.57. The number of imidazole rings is 1. The molecule has 1 saturated carbocycles. The predicted octanol–water partition coefficient (Wildman–Crippen LogP) is 2.96. The van der Waals surface area contributed by atoms with Gasteiger partial charge in [-0.25, -0.2) is 9.37 Å². The van der Waals surface area contributed by atoms with Crippen LogP contribution >= 0.6 is 0 Å². The van der Waals surface area contributed by atoms with Crippen LogP contribution in [0.4, 0.5) is 4.39 Å². The zero-order valence-electron chi connectivity index (χ0n) is 11.1. The summed E-state index contributed by atoms with van der Waals surface area (Å²) >= 11 is 0. The van der Waals surface area contributed by atoms with Crippen molar-refractivity contribution in [3.8, 4) is 11.4 Å². The summed E-state index contributed by atoms with van der Waals surface area (Å²) in [5, 5.41) is 15.0. The van der Waals surface area contributed by atoms with Crippen LogP contribution in [0, 0.1) is 11.2 Å². The molecule has 1 N–H and O–H groups in total. The Labute approximate surface area is 120 Å². The molecule has 0 unspecified atom stereocenters. The molecule has 0 radical (unpaired) electrons. The Hall–Kier alpha value is -2.63. The number of hydrogen-bond acceptors (Lipinski definition) is 4. The molecular formula is C15H12FN5. The maximum absolute atomic E-state index is 13.5. The molecule has 0 aliphatic heterocycles. The van der Waals surface area contributed by atoms with E-state index in [9.17, 15) is 4.39 Å². The summed E-state index contributed by atoms with van der Waals surface area (Å²) in [6.45, 7) is 0. The van der Waals surface area contributed by atoms with Gasteiger partial charge in [0.25, 0.3) is 0 Å². The third-order valence-electron chi connectivity index (χ3n) is 3.64. The van der Waals surface area contributed by atoms with E-state index in [1.165, 1.54) is 12.1 Å². The molecule has 1 aromatic carbocycles. The first-order chi connectivity index (χ1) is 10.3. The van der Waals surface area contributed by atoms with Crippen molar-refractivity contribution in [3.63, 3.8) is 0 Å². The second-order valence-corrected chi connectivity index (χ2v) is 5.18. The average molecular weight is 281 g/mol. The summed E-state index contributed by atoms with van der Waals surface area (Å²) < 4.78 is 15.6. The van der Waals surface area contributed by atoms with E-state index in [-0.39, 0.29) is 5.82 Å². The fraction of sp³-hybridized carbons (Fsp3) is 0.200. The summed E-state index contributed by atoms with van der Waals surface area (Å²) in [4.78, 5) is 4.61. The van der Waals surface area contributed by atoms with Crippen LogP contribution in [0.15, 0.2) is 30.5 Å². The maximum atomic E-state index is 13.5. The normalized spacial score (nSPS) is 14.5. The quantitative estimate of drug-likeness (QED) is 0.750. The second-order valence-electron chi connectivity index (χ2n) is 5.18. The van der Waals surface area contributed by atoms with E-state index in [1.54, 1.807) is 18.3 Å². The number of rotatable bonds is 3. The largest absolute Gasteiger partial charge is 0.321 e. The van der Waals surface area contributed by atoms with Gasteiger partial charge in [0, 0.05) is 17.8 Å². The lowest BCUT2D eigenvalue weighted by molar-refractivity contribution is 0.628. The van der Waals surface area contributed by atoms with Gasteiger partial charge in [-0.2, -0.15) is 5.10 Å². The summed E-state index contributed by atoms with van der Waals surface area (Å²) in [7, 11) is 0. The molecule has 2 heterocycles. The zero-order chi connectivity index (χ0) is 14.4. The van der Waals surface area contributed by atoms with E-state index in [2.05, 4.69) is 19.7 Å². The maximum Gasteiger partial charge on any atom is 0.143 e. The van der Waals surface area contributed by atoms with Crippen molar-refractivity contribution in [2.45, 2.75) is 18.9 Å². The molecule has 1 aliphatic rings. The molecule has 0 amide bonds. The highest BCUT2D eigenvalue weighted by Gasteiger charge is 2.29. The molecular weight excluding hydrogens is 269 g/mol. The molecule has 2 aromatic heterocycles. The van der Waals surface area contributed by atoms with Crippen molar-refractivity contribution in [3.05, 3.63) is 42.0 Å². The lowest BCUT2D eigenvalue weighted by atomic mass is 10.2. The van der Waals surface area contributed by atoms with E-state index >= 15 is 0 Å². The van der Waals surface area contributed by atoms with Crippen LogP contribution in [-0.2, 0) is 0 Å². The van der Waals surface area contributed by atoms with Crippen LogP contribution < -0.4 is 0 Å². The molecule has 1 aliphatic carbocycles. The first kappa shape index (κ1) is 12.1. The Morgan fingerprint density at radius 1 is 1.29 bits per heavy atom. The van der Waals surface area contributed by atoms with E-state index in [4.69, 9.17) is 5.41 Å². The van der Waals surface area contributed by atoms with Gasteiger partial charge < -0.3 is 9.98 Å². The minimum absolute atomic E-state index is 0.260. The number of aromatic nitrogens is 4. The lowest BCUT2D eigenvalue weighted by Gasteiger charge is -2.07. The van der Waals surface area contributed by atoms with Crippen LogP contribution in [0.25, 0.3) is 22.4 Å². The molecule has 1 fully saturated rings. The SMILES string of the molecule is N=Cc1cc(-c2nc3ccc(F)cc3n2C2CC2)cnn1. The molecule has 104 valence electrons. The predicted molar refractivity (Wildman–Crippen MR) is 76.9 cm³/mol. The first-order valence-electron chi connectivity index (χ1n) is 6.77. The average Bonchev–Trinajstić information content (AvgIpc) is 3.28. The number of benzene rings is 1. The van der Waals surface area contributed by atoms with Gasteiger partial charge in [-0.3, -0.25) is 0 Å². The summed E-state index contributed by atoms with van der Waals surface area (Å²) in [5.74, 6) is 0.500. The molecule has 21 heavy (non-hydrogen) atoms. The minimum Gasteiger partial charge on any atom is -0.321 e. The first-order valence-corrected chi connectivity index (χ1v) is 6.77. The molecule has 0 spiro atoms. The number of nitrogens with one attached hydrogen (secondary N) is 1. The lowest BCUT2D eigenvalue weighted by Crippen LogP contribution is -1.99. The van der Waals surface area contributed by atoms with Gasteiger partial charge in [0.1, 0.15) is 17.3 Å². The van der Waals surface area contributed by atoms with Gasteiger partial charge in [0.05, 0.1) is 17.2 Å².